The van der Waals surface area contributed by atoms with E-state index < -0.39 is 0 Å². The summed E-state index contributed by atoms with van der Waals surface area (Å²) in [4.78, 5) is 20.3. The molecule has 2 aromatic carbocycles. The maximum Gasteiger partial charge on any atom is 0.337 e. The fraction of sp³-hybridized carbons (Fsp3) is 0.150. The lowest BCUT2D eigenvalue weighted by molar-refractivity contribution is 0.0600. The molecule has 0 spiro atoms. The molecule has 0 amide bonds. The van der Waals surface area contributed by atoms with Crippen LogP contribution in [0, 0.1) is 0 Å². The first-order chi connectivity index (χ1) is 12.8. The van der Waals surface area contributed by atoms with Gasteiger partial charge in [-0.25, -0.2) is 14.8 Å². The largest absolute Gasteiger partial charge is 0.465 e. The Morgan fingerprint density at radius 1 is 1.00 bits per heavy atom. The number of aromatic nitrogens is 2. The average molecular weight is 383 g/mol. The van der Waals surface area contributed by atoms with Crippen molar-refractivity contribution in [3.63, 3.8) is 0 Å². The number of esters is 1. The Kier molecular flexibility index (Phi) is 6.68. The molecule has 0 radical (unpaired) electrons. The molecule has 0 bridgehead atoms. The van der Waals surface area contributed by atoms with Crippen LogP contribution in [0.4, 0.5) is 0 Å². The van der Waals surface area contributed by atoms with Gasteiger partial charge >= 0.3 is 5.97 Å². The highest BCUT2D eigenvalue weighted by Gasteiger charge is 2.16. The number of thioether (sulfide) groups is 2. The number of hydrogen-bond acceptors (Lipinski definition) is 6. The topological polar surface area (TPSA) is 52.1 Å². The van der Waals surface area contributed by atoms with Crippen LogP contribution in [-0.2, 0) is 10.5 Å². The minimum absolute atomic E-state index is 0.115. The highest BCUT2D eigenvalue weighted by atomic mass is 32.2. The average Bonchev–Trinajstić information content (AvgIpc) is 2.72. The third-order valence-corrected chi connectivity index (χ3v) is 6.28. The van der Waals surface area contributed by atoms with E-state index in [1.54, 1.807) is 42.4 Å². The molecule has 0 saturated heterocycles. The van der Waals surface area contributed by atoms with Gasteiger partial charge in [-0.2, -0.15) is 0 Å². The summed E-state index contributed by atoms with van der Waals surface area (Å²) in [6.45, 7) is 0. The summed E-state index contributed by atoms with van der Waals surface area (Å²) in [5.74, 6) is 0.550. The van der Waals surface area contributed by atoms with Crippen LogP contribution in [-0.4, -0.2) is 23.0 Å². The predicted molar refractivity (Wildman–Crippen MR) is 106 cm³/mol. The third kappa shape index (κ3) is 5.09. The van der Waals surface area contributed by atoms with Gasteiger partial charge in [-0.1, -0.05) is 54.2 Å². The van der Waals surface area contributed by atoms with Gasteiger partial charge in [-0.15, -0.1) is 11.8 Å². The Balaban J connectivity index is 1.78. The van der Waals surface area contributed by atoms with Crippen LogP contribution in [0.3, 0.4) is 0 Å². The summed E-state index contributed by atoms with van der Waals surface area (Å²) >= 11 is 3.41. The Morgan fingerprint density at radius 2 is 1.69 bits per heavy atom. The number of nitrogens with zero attached hydrogens (tertiary/aromatic N) is 2. The zero-order chi connectivity index (χ0) is 18.2. The van der Waals surface area contributed by atoms with E-state index in [0.717, 1.165) is 16.5 Å². The second kappa shape index (κ2) is 9.40. The molecule has 1 aromatic heterocycles. The number of ether oxygens (including phenoxy) is 1. The van der Waals surface area contributed by atoms with Crippen LogP contribution < -0.4 is 0 Å². The summed E-state index contributed by atoms with van der Waals surface area (Å²) in [5.41, 5.74) is 2.92. The minimum Gasteiger partial charge on any atom is -0.465 e. The van der Waals surface area contributed by atoms with Crippen LogP contribution in [0.25, 0.3) is 0 Å². The Bertz CT molecular complexity index is 827. The monoisotopic (exact) mass is 382 g/mol. The van der Waals surface area contributed by atoms with Crippen LogP contribution in [0.2, 0.25) is 0 Å². The van der Waals surface area contributed by atoms with Crippen molar-refractivity contribution in [3.8, 4) is 0 Å². The lowest BCUT2D eigenvalue weighted by atomic mass is 10.1. The summed E-state index contributed by atoms with van der Waals surface area (Å²) in [6, 6.07) is 19.7. The first-order valence-corrected chi connectivity index (χ1v) is 9.96. The number of carbonyl (C=O) groups is 1. The highest BCUT2D eigenvalue weighted by Crippen LogP contribution is 2.43. The van der Waals surface area contributed by atoms with Crippen molar-refractivity contribution in [2.75, 3.05) is 7.11 Å². The maximum absolute atomic E-state index is 11.6. The number of hydrogen-bond donors (Lipinski definition) is 0. The molecule has 1 heterocycles. The van der Waals surface area contributed by atoms with Crippen molar-refractivity contribution in [3.05, 3.63) is 89.7 Å². The predicted octanol–water partition coefficient (Wildman–Crippen LogP) is 4.99. The molecule has 6 heteroatoms. The van der Waals surface area contributed by atoms with E-state index in [4.69, 9.17) is 4.74 Å². The van der Waals surface area contributed by atoms with E-state index in [9.17, 15) is 4.79 Å². The Labute approximate surface area is 161 Å². The molecule has 0 N–H and O–H groups in total. The molecule has 0 aliphatic heterocycles. The fourth-order valence-corrected chi connectivity index (χ4v) is 4.63. The van der Waals surface area contributed by atoms with Crippen LogP contribution >= 0.6 is 23.5 Å². The molecule has 0 aliphatic carbocycles. The zero-order valence-corrected chi connectivity index (χ0v) is 15.9. The van der Waals surface area contributed by atoms with Crippen molar-refractivity contribution in [2.24, 2.45) is 0 Å². The molecule has 3 rings (SSSR count). The van der Waals surface area contributed by atoms with Gasteiger partial charge in [0.15, 0.2) is 5.16 Å². The Morgan fingerprint density at radius 3 is 2.35 bits per heavy atom. The summed E-state index contributed by atoms with van der Waals surface area (Å²) in [6.07, 6.45) is 3.49. The van der Waals surface area contributed by atoms with Crippen molar-refractivity contribution in [1.82, 2.24) is 9.97 Å². The van der Waals surface area contributed by atoms with E-state index >= 15 is 0 Å². The van der Waals surface area contributed by atoms with Gasteiger partial charge < -0.3 is 4.74 Å². The molecule has 1 unspecified atom stereocenters. The van der Waals surface area contributed by atoms with E-state index in [2.05, 4.69) is 22.1 Å². The summed E-state index contributed by atoms with van der Waals surface area (Å²) in [5, 5.41) is 0.732. The van der Waals surface area contributed by atoms with Gasteiger partial charge in [0.2, 0.25) is 0 Å². The highest BCUT2D eigenvalue weighted by molar-refractivity contribution is 8.15. The fourth-order valence-electron chi connectivity index (χ4n) is 2.28. The molecule has 132 valence electrons. The smallest absolute Gasteiger partial charge is 0.337 e. The SMILES string of the molecule is COC(=O)c1ccc(C(SCc2ccccc2)Sc2ncccn2)cc1. The molecule has 0 fully saturated rings. The van der Waals surface area contributed by atoms with Crippen LogP contribution in [0.5, 0.6) is 0 Å². The molecule has 0 aliphatic rings. The standard InChI is InChI=1S/C20H18N2O2S2/c1-24-18(23)16-8-10-17(11-9-16)19(26-20-21-12-5-13-22-20)25-14-15-6-3-2-4-7-15/h2-13,19H,14H2,1H3. The number of benzene rings is 2. The molecule has 1 atom stereocenters. The summed E-state index contributed by atoms with van der Waals surface area (Å²) < 4.78 is 4.88. The second-order valence-electron chi connectivity index (χ2n) is 5.39. The molecule has 3 aromatic rings. The van der Waals surface area contributed by atoms with Crippen molar-refractivity contribution in [2.45, 2.75) is 15.5 Å². The van der Waals surface area contributed by atoms with E-state index in [1.165, 1.54) is 12.7 Å². The van der Waals surface area contributed by atoms with E-state index in [-0.39, 0.29) is 10.6 Å². The first kappa shape index (κ1) is 18.5. The lowest BCUT2D eigenvalue weighted by Crippen LogP contribution is -2.01. The quantitative estimate of drug-likeness (QED) is 0.248. The van der Waals surface area contributed by atoms with E-state index in [0.29, 0.717) is 5.56 Å². The molecular weight excluding hydrogens is 364 g/mol. The summed E-state index contributed by atoms with van der Waals surface area (Å²) in [7, 11) is 1.39. The molecule has 26 heavy (non-hydrogen) atoms. The zero-order valence-electron chi connectivity index (χ0n) is 14.2. The van der Waals surface area contributed by atoms with Gasteiger partial charge in [0.25, 0.3) is 0 Å². The maximum atomic E-state index is 11.6. The number of methoxy groups -OCH3 is 1. The number of rotatable bonds is 7. The van der Waals surface area contributed by atoms with Gasteiger partial charge in [-0.05, 0) is 29.3 Å². The molecular formula is C20H18N2O2S2. The first-order valence-electron chi connectivity index (χ1n) is 8.04. The van der Waals surface area contributed by atoms with Gasteiger partial charge in [0.05, 0.1) is 17.3 Å². The normalized spacial score (nSPS) is 11.7. The van der Waals surface area contributed by atoms with Gasteiger partial charge in [0.1, 0.15) is 0 Å². The minimum atomic E-state index is -0.330. The van der Waals surface area contributed by atoms with Crippen LogP contribution in [0.15, 0.2) is 78.2 Å². The van der Waals surface area contributed by atoms with Crippen LogP contribution in [0.1, 0.15) is 26.1 Å². The second-order valence-corrected chi connectivity index (χ2v) is 7.86. The molecule has 0 saturated carbocycles. The van der Waals surface area contributed by atoms with Gasteiger partial charge in [-0.3, -0.25) is 0 Å². The van der Waals surface area contributed by atoms with E-state index in [1.807, 2.05) is 42.1 Å². The number of carbonyl (C=O) groups excluding carboxylic acids is 1. The van der Waals surface area contributed by atoms with Crippen molar-refractivity contribution < 1.29 is 9.53 Å². The molecule has 4 nitrogen and oxygen atoms in total. The lowest BCUT2D eigenvalue weighted by Gasteiger charge is -2.16. The third-order valence-electron chi connectivity index (χ3n) is 3.60. The van der Waals surface area contributed by atoms with Crippen molar-refractivity contribution in [1.29, 1.82) is 0 Å². The van der Waals surface area contributed by atoms with Crippen molar-refractivity contribution >= 4 is 29.5 Å². The van der Waals surface area contributed by atoms with Gasteiger partial charge in [0, 0.05) is 18.1 Å². The Hall–Kier alpha value is -2.31.